The van der Waals surface area contributed by atoms with Crippen LogP contribution in [0.15, 0.2) is 66.7 Å². The van der Waals surface area contributed by atoms with Crippen LogP contribution in [0.25, 0.3) is 43.8 Å². The number of amides is 4. The number of aryl methyl sites for hydroxylation is 4. The summed E-state index contributed by atoms with van der Waals surface area (Å²) in [5.74, 6) is -0.372. The molecule has 0 bridgehead atoms. The summed E-state index contributed by atoms with van der Waals surface area (Å²) in [5, 5.41) is 35.5. The van der Waals surface area contributed by atoms with E-state index in [9.17, 15) is 29.4 Å². The molecule has 354 valence electrons. The molecular formula is C50H54ClN9O8. The highest BCUT2D eigenvalue weighted by atomic mass is 35.5. The summed E-state index contributed by atoms with van der Waals surface area (Å²) in [4.78, 5) is 63.1. The van der Waals surface area contributed by atoms with Gasteiger partial charge in [-0.2, -0.15) is 5.10 Å². The number of aliphatic hydroxyl groups is 2. The van der Waals surface area contributed by atoms with Gasteiger partial charge in [-0.1, -0.05) is 54.1 Å². The molecule has 7 aromatic rings. The fraction of sp³-hybridized carbons (Fsp3) is 0.360. The highest BCUT2D eigenvalue weighted by Gasteiger charge is 2.32. The van der Waals surface area contributed by atoms with Crippen molar-refractivity contribution in [3.63, 3.8) is 0 Å². The lowest BCUT2D eigenvalue weighted by Gasteiger charge is -2.35. The second kappa shape index (κ2) is 19.4. The van der Waals surface area contributed by atoms with Crippen molar-refractivity contribution in [3.8, 4) is 22.6 Å². The zero-order chi connectivity index (χ0) is 47.8. The van der Waals surface area contributed by atoms with Gasteiger partial charge in [0.15, 0.2) is 12.9 Å². The third kappa shape index (κ3) is 9.13. The zero-order valence-corrected chi connectivity index (χ0v) is 39.2. The SMILES string of the molecule is Cc1nc2c(C(=O)NC3CCC(=O)NC3=O)c(OCC(=O)N3CCN(CCn4c(C(O)O)c(CCCOc5cccc6ccccc56)c5ccc(Cl)c(-c6c(C)nn(C)c6C)c54)CC3)ccc2[nH]1. The van der Waals surface area contributed by atoms with Gasteiger partial charge in [-0.3, -0.25) is 34.1 Å². The number of piperazine rings is 1. The number of benzene rings is 4. The second-order valence-corrected chi connectivity index (χ2v) is 17.9. The summed E-state index contributed by atoms with van der Waals surface area (Å²) in [6, 6.07) is 20.3. The van der Waals surface area contributed by atoms with Crippen molar-refractivity contribution in [2.75, 3.05) is 45.9 Å². The van der Waals surface area contributed by atoms with Crippen LogP contribution in [0.2, 0.25) is 5.02 Å². The number of piperidine rings is 1. The smallest absolute Gasteiger partial charge is 0.260 e. The summed E-state index contributed by atoms with van der Waals surface area (Å²) in [6.07, 6.45) is -0.411. The van der Waals surface area contributed by atoms with E-state index in [1.54, 1.807) is 24.0 Å². The highest BCUT2D eigenvalue weighted by molar-refractivity contribution is 6.35. The first-order valence-electron chi connectivity index (χ1n) is 22.8. The third-order valence-corrected chi connectivity index (χ3v) is 13.4. The fourth-order valence-corrected chi connectivity index (χ4v) is 9.95. The molecule has 2 saturated heterocycles. The van der Waals surface area contributed by atoms with Crippen LogP contribution in [0, 0.1) is 20.8 Å². The van der Waals surface area contributed by atoms with Gasteiger partial charge < -0.3 is 39.5 Å². The molecule has 0 spiro atoms. The van der Waals surface area contributed by atoms with Gasteiger partial charge in [0, 0.05) is 80.3 Å². The first-order valence-corrected chi connectivity index (χ1v) is 23.2. The molecule has 2 aliphatic rings. The van der Waals surface area contributed by atoms with E-state index in [-0.39, 0.29) is 36.7 Å². The largest absolute Gasteiger partial charge is 0.493 e. The standard InChI is InChI=1S/C50H54ClN9O8/c1-28-42(29(2)57(4)56-28)43-35(51)15-14-34-33(12-8-26-67-38-13-7-10-31-9-5-6-11-32(31)38)47(50(65)66)60(46(34)43)25-22-58-20-23-59(24-21-58)41(62)27-68-39-18-16-36-45(53-30(3)52-36)44(39)49(64)54-37-17-19-40(61)55-48(37)63/h5-7,9-11,13-16,18,37,50,65-66H,8,12,17,19-27H2,1-4H3,(H,52,53)(H,54,64)(H,55,61,63). The van der Waals surface area contributed by atoms with E-state index in [1.807, 2.05) is 72.6 Å². The van der Waals surface area contributed by atoms with Gasteiger partial charge in [-0.15, -0.1) is 0 Å². The van der Waals surface area contributed by atoms with Crippen molar-refractivity contribution in [3.05, 3.63) is 106 Å². The average Bonchev–Trinajstić information content (AvgIpc) is 3.95. The Kier molecular flexibility index (Phi) is 13.2. The number of aromatic amines is 1. The monoisotopic (exact) mass is 943 g/mol. The number of halogens is 1. The van der Waals surface area contributed by atoms with Crippen LogP contribution in [0.4, 0.5) is 0 Å². The Balaban J connectivity index is 0.907. The number of rotatable bonds is 15. The molecule has 0 radical (unpaired) electrons. The molecule has 5 heterocycles. The van der Waals surface area contributed by atoms with Crippen LogP contribution < -0.4 is 20.1 Å². The number of hydrogen-bond donors (Lipinski definition) is 5. The van der Waals surface area contributed by atoms with Crippen molar-refractivity contribution < 1.29 is 38.9 Å². The molecular weight excluding hydrogens is 890 g/mol. The number of fused-ring (bicyclic) bond motifs is 3. The Morgan fingerprint density at radius 3 is 2.44 bits per heavy atom. The van der Waals surface area contributed by atoms with Crippen molar-refractivity contribution in [2.45, 2.75) is 65.3 Å². The molecule has 9 rings (SSSR count). The maximum absolute atomic E-state index is 13.7. The molecule has 68 heavy (non-hydrogen) atoms. The van der Waals surface area contributed by atoms with Crippen LogP contribution in [0.5, 0.6) is 11.5 Å². The van der Waals surface area contributed by atoms with Gasteiger partial charge in [-0.25, -0.2) is 4.98 Å². The summed E-state index contributed by atoms with van der Waals surface area (Å²) >= 11 is 7.10. The van der Waals surface area contributed by atoms with Gasteiger partial charge >= 0.3 is 0 Å². The van der Waals surface area contributed by atoms with E-state index in [0.717, 1.165) is 55.5 Å². The third-order valence-electron chi connectivity index (χ3n) is 13.1. The fourth-order valence-electron chi connectivity index (χ4n) is 9.70. The average molecular weight is 944 g/mol. The lowest BCUT2D eigenvalue weighted by molar-refractivity contribution is -0.135. The minimum atomic E-state index is -1.78. The Hall–Kier alpha value is -6.79. The van der Waals surface area contributed by atoms with Crippen LogP contribution in [0.3, 0.4) is 0 Å². The van der Waals surface area contributed by atoms with Crippen LogP contribution >= 0.6 is 11.6 Å². The Morgan fingerprint density at radius 1 is 0.912 bits per heavy atom. The number of imidazole rings is 1. The van der Waals surface area contributed by atoms with Gasteiger partial charge in [0.2, 0.25) is 11.8 Å². The van der Waals surface area contributed by atoms with Gasteiger partial charge in [-0.05, 0) is 75.2 Å². The van der Waals surface area contributed by atoms with E-state index in [4.69, 9.17) is 26.2 Å². The van der Waals surface area contributed by atoms with E-state index < -0.39 is 30.1 Å². The number of carbonyl (C=O) groups excluding carboxylic acids is 4. The van der Waals surface area contributed by atoms with E-state index >= 15 is 0 Å². The Bertz CT molecular complexity index is 3090. The van der Waals surface area contributed by atoms with E-state index in [0.29, 0.717) is 86.3 Å². The predicted molar refractivity (Wildman–Crippen MR) is 257 cm³/mol. The molecule has 3 aromatic heterocycles. The second-order valence-electron chi connectivity index (χ2n) is 17.5. The van der Waals surface area contributed by atoms with Gasteiger partial charge in [0.05, 0.1) is 34.1 Å². The van der Waals surface area contributed by atoms with Crippen molar-refractivity contribution in [2.24, 2.45) is 7.05 Å². The summed E-state index contributed by atoms with van der Waals surface area (Å²) in [7, 11) is 1.89. The first kappa shape index (κ1) is 46.3. The number of hydrogen-bond acceptors (Lipinski definition) is 11. The van der Waals surface area contributed by atoms with Crippen LogP contribution in [-0.2, 0) is 34.4 Å². The van der Waals surface area contributed by atoms with Gasteiger partial charge in [0.1, 0.15) is 34.4 Å². The van der Waals surface area contributed by atoms with Crippen molar-refractivity contribution in [1.82, 2.24) is 44.7 Å². The van der Waals surface area contributed by atoms with Crippen molar-refractivity contribution in [1.29, 1.82) is 0 Å². The molecule has 4 amide bonds. The predicted octanol–water partition coefficient (Wildman–Crippen LogP) is 5.40. The van der Waals surface area contributed by atoms with E-state index in [1.165, 1.54) is 0 Å². The molecule has 1 atom stereocenters. The summed E-state index contributed by atoms with van der Waals surface area (Å²) in [6.45, 7) is 8.63. The number of H-pyrrole nitrogens is 1. The molecule has 2 fully saturated rings. The minimum Gasteiger partial charge on any atom is -0.493 e. The number of aliphatic hydroxyl groups excluding tert-OH is 1. The first-order chi connectivity index (χ1) is 32.8. The van der Waals surface area contributed by atoms with Crippen molar-refractivity contribution >= 4 is 67.9 Å². The number of aromatic nitrogens is 5. The quantitative estimate of drug-likeness (QED) is 0.0499. The molecule has 17 nitrogen and oxygen atoms in total. The number of nitrogens with zero attached hydrogens (tertiary/aromatic N) is 6. The molecule has 0 saturated carbocycles. The van der Waals surface area contributed by atoms with E-state index in [2.05, 4.69) is 37.6 Å². The number of carbonyl (C=O) groups is 4. The highest BCUT2D eigenvalue weighted by Crippen LogP contribution is 2.43. The van der Waals surface area contributed by atoms with Gasteiger partial charge in [0.25, 0.3) is 11.8 Å². The summed E-state index contributed by atoms with van der Waals surface area (Å²) < 4.78 is 16.2. The lowest BCUT2D eigenvalue weighted by Crippen LogP contribution is -2.52. The molecule has 5 N–H and O–H groups in total. The Morgan fingerprint density at radius 2 is 1.69 bits per heavy atom. The molecule has 18 heteroatoms. The number of ether oxygens (including phenoxy) is 2. The molecule has 2 aliphatic heterocycles. The minimum absolute atomic E-state index is 0.0785. The summed E-state index contributed by atoms with van der Waals surface area (Å²) in [5.41, 5.74) is 6.39. The number of imide groups is 1. The maximum Gasteiger partial charge on any atom is 0.260 e. The lowest BCUT2D eigenvalue weighted by atomic mass is 9.98. The molecule has 0 aliphatic carbocycles. The van der Waals surface area contributed by atoms with Crippen LogP contribution in [0.1, 0.15) is 64.4 Å². The number of nitrogens with one attached hydrogen (secondary N) is 3. The van der Waals surface area contributed by atoms with Crippen LogP contribution in [-0.4, -0.2) is 120 Å². The normalized spacial score (nSPS) is 15.8. The Labute approximate surface area is 397 Å². The maximum atomic E-state index is 13.7. The molecule has 1 unspecified atom stereocenters. The molecule has 4 aromatic carbocycles. The zero-order valence-electron chi connectivity index (χ0n) is 38.4. The topological polar surface area (TPSA) is 209 Å².